The quantitative estimate of drug-likeness (QED) is 0.425. The van der Waals surface area contributed by atoms with E-state index in [-0.39, 0.29) is 51.0 Å². The number of halogens is 2. The second kappa shape index (κ2) is 11.4. The van der Waals surface area contributed by atoms with Crippen LogP contribution in [0.25, 0.3) is 0 Å². The van der Waals surface area contributed by atoms with Crippen molar-refractivity contribution in [2.45, 2.75) is 38.0 Å². The summed E-state index contributed by atoms with van der Waals surface area (Å²) < 4.78 is 0. The maximum Gasteiger partial charge on any atom is 3.00 e. The van der Waals surface area contributed by atoms with Gasteiger partial charge in [-0.3, -0.25) is 6.08 Å². The van der Waals surface area contributed by atoms with Crippen molar-refractivity contribution in [1.29, 1.82) is 0 Å². The largest absolute Gasteiger partial charge is 3.00 e. The Morgan fingerprint density at radius 2 is 1.31 bits per heavy atom. The predicted molar refractivity (Wildman–Crippen MR) is 102 cm³/mol. The minimum absolute atomic E-state index is 0. The Bertz CT molecular complexity index is 679. The molecule has 2 aromatic carbocycles. The van der Waals surface area contributed by atoms with Gasteiger partial charge >= 0.3 is 26.2 Å². The van der Waals surface area contributed by atoms with Crippen LogP contribution in [0.5, 0.6) is 0 Å². The van der Waals surface area contributed by atoms with Gasteiger partial charge in [0, 0.05) is 8.07 Å². The van der Waals surface area contributed by atoms with Gasteiger partial charge in [-0.25, -0.2) is 5.57 Å². The number of hydrogen-bond donors (Lipinski definition) is 0. The maximum absolute atomic E-state index is 3.64. The summed E-state index contributed by atoms with van der Waals surface area (Å²) in [7, 11) is -1.15. The number of benzene rings is 2. The van der Waals surface area contributed by atoms with Crippen molar-refractivity contribution in [1.82, 2.24) is 0 Å². The van der Waals surface area contributed by atoms with E-state index in [1.54, 1.807) is 0 Å². The van der Waals surface area contributed by atoms with E-state index in [0.717, 1.165) is 6.42 Å². The summed E-state index contributed by atoms with van der Waals surface area (Å²) in [6.07, 6.45) is 6.99. The Kier molecular flexibility index (Phi) is 11.3. The monoisotopic (exact) mass is 477 g/mol. The first kappa shape index (κ1) is 25.6. The fourth-order valence-corrected chi connectivity index (χ4v) is 4.73. The van der Waals surface area contributed by atoms with Crippen LogP contribution in [0.2, 0.25) is 25.7 Å². The first-order valence-electron chi connectivity index (χ1n) is 8.44. The molecule has 26 heavy (non-hydrogen) atoms. The van der Waals surface area contributed by atoms with Crippen LogP contribution in [0.4, 0.5) is 0 Å². The van der Waals surface area contributed by atoms with Gasteiger partial charge in [0.15, 0.2) is 0 Å². The first-order valence-corrected chi connectivity index (χ1v) is 12.2. The fourth-order valence-electron chi connectivity index (χ4n) is 3.34. The third-order valence-corrected chi connectivity index (χ3v) is 5.68. The van der Waals surface area contributed by atoms with Crippen LogP contribution < -0.4 is 24.8 Å². The van der Waals surface area contributed by atoms with Crippen molar-refractivity contribution in [3.8, 4) is 0 Å². The zero-order valence-corrected chi connectivity index (χ0v) is 20.6. The Hall–Kier alpha value is -0.400. The molecule has 4 heteroatoms. The van der Waals surface area contributed by atoms with Crippen molar-refractivity contribution in [3.63, 3.8) is 0 Å². The molecule has 0 N–H and O–H groups in total. The van der Waals surface area contributed by atoms with Crippen molar-refractivity contribution < 1.29 is 51.0 Å². The summed E-state index contributed by atoms with van der Waals surface area (Å²) in [5.74, 6) is 0.332. The zero-order valence-electron chi connectivity index (χ0n) is 15.6. The molecule has 1 radical (unpaired) electrons. The predicted octanol–water partition coefficient (Wildman–Crippen LogP) is 0.222. The van der Waals surface area contributed by atoms with Gasteiger partial charge in [0.2, 0.25) is 0 Å². The molecule has 0 nitrogen and oxygen atoms in total. The van der Waals surface area contributed by atoms with Crippen LogP contribution in [0.15, 0.2) is 77.9 Å². The van der Waals surface area contributed by atoms with Crippen LogP contribution in [-0.4, -0.2) is 8.07 Å². The SMILES string of the molecule is C[Si](C)(C)CC1=[C-]CC=C1C(c1ccccc1)c1ccccc1.[Cl-].[Cl-].[Zr+3]. The first-order chi connectivity index (χ1) is 11.0. The van der Waals surface area contributed by atoms with E-state index >= 15 is 0 Å². The molecule has 0 saturated heterocycles. The minimum atomic E-state index is -1.15. The molecule has 1 aliphatic carbocycles. The summed E-state index contributed by atoms with van der Waals surface area (Å²) in [5, 5.41) is 0. The summed E-state index contributed by atoms with van der Waals surface area (Å²) in [5.41, 5.74) is 5.69. The molecule has 0 saturated carbocycles. The molecule has 1 aliphatic rings. The van der Waals surface area contributed by atoms with E-state index in [4.69, 9.17) is 0 Å². The third kappa shape index (κ3) is 6.64. The summed E-state index contributed by atoms with van der Waals surface area (Å²) >= 11 is 0. The van der Waals surface area contributed by atoms with Crippen LogP contribution in [-0.2, 0) is 26.2 Å². The number of rotatable bonds is 5. The van der Waals surface area contributed by atoms with Crippen LogP contribution in [0, 0.1) is 6.08 Å². The molecule has 0 aliphatic heterocycles. The molecule has 0 bridgehead atoms. The van der Waals surface area contributed by atoms with Gasteiger partial charge in [-0.15, -0.1) is 6.42 Å². The van der Waals surface area contributed by atoms with Crippen molar-refractivity contribution >= 4 is 8.07 Å². The summed E-state index contributed by atoms with van der Waals surface area (Å²) in [6, 6.07) is 23.0. The standard InChI is InChI=1S/C22H25Si.2ClH.Zr/c1-23(2,3)17-20-15-10-16-21(20)22(18-11-6-4-7-12-18)19-13-8-5-9-14-19;;;/h4-9,11-14,16,22H,10,17H2,1-3H3;2*1H;/q-1;;;+3/p-2. The molecule has 135 valence electrons. The van der Waals surface area contributed by atoms with Gasteiger partial charge in [0.25, 0.3) is 0 Å². The fraction of sp³-hybridized carbons (Fsp3) is 0.273. The maximum atomic E-state index is 3.64. The normalized spacial score (nSPS) is 13.1. The average molecular weight is 480 g/mol. The van der Waals surface area contributed by atoms with E-state index in [1.807, 2.05) is 0 Å². The van der Waals surface area contributed by atoms with Crippen LogP contribution in [0.3, 0.4) is 0 Å². The van der Waals surface area contributed by atoms with Gasteiger partial charge in [0.1, 0.15) is 0 Å². The van der Waals surface area contributed by atoms with Crippen LogP contribution >= 0.6 is 0 Å². The minimum Gasteiger partial charge on any atom is -1.00 e. The van der Waals surface area contributed by atoms with Gasteiger partial charge in [-0.2, -0.15) is 11.6 Å². The van der Waals surface area contributed by atoms with Crippen LogP contribution in [0.1, 0.15) is 23.5 Å². The second-order valence-electron chi connectivity index (χ2n) is 7.51. The molecule has 0 heterocycles. The van der Waals surface area contributed by atoms with E-state index < -0.39 is 8.07 Å². The van der Waals surface area contributed by atoms with Gasteiger partial charge in [-0.1, -0.05) is 97.5 Å². The molecular formula is C22H25Cl2SiZr. The Labute approximate surface area is 191 Å². The molecule has 0 unspecified atom stereocenters. The van der Waals surface area contributed by atoms with Gasteiger partial charge in [-0.05, 0) is 5.92 Å². The molecule has 2 aromatic rings. The van der Waals surface area contributed by atoms with Gasteiger partial charge in [0.05, 0.1) is 0 Å². The molecule has 0 aromatic heterocycles. The average Bonchev–Trinajstić information content (AvgIpc) is 2.96. The van der Waals surface area contributed by atoms with Gasteiger partial charge < -0.3 is 24.8 Å². The number of hydrogen-bond acceptors (Lipinski definition) is 0. The van der Waals surface area contributed by atoms with E-state index in [2.05, 4.69) is 92.5 Å². The molecule has 0 atom stereocenters. The summed E-state index contributed by atoms with van der Waals surface area (Å²) in [4.78, 5) is 0. The smallest absolute Gasteiger partial charge is 1.00 e. The molecule has 0 fully saturated rings. The molecule has 0 amide bonds. The van der Waals surface area contributed by atoms with E-state index in [1.165, 1.54) is 28.3 Å². The Morgan fingerprint density at radius 1 is 0.846 bits per heavy atom. The second-order valence-corrected chi connectivity index (χ2v) is 13.0. The van der Waals surface area contributed by atoms with Crippen molar-refractivity contribution in [2.24, 2.45) is 0 Å². The van der Waals surface area contributed by atoms with E-state index in [9.17, 15) is 0 Å². The molecule has 3 rings (SSSR count). The molecular weight excluding hydrogens is 454 g/mol. The third-order valence-electron chi connectivity index (χ3n) is 4.27. The Balaban J connectivity index is 0.00000208. The topological polar surface area (TPSA) is 0 Å². The Morgan fingerprint density at radius 3 is 1.73 bits per heavy atom. The van der Waals surface area contributed by atoms with E-state index in [0.29, 0.717) is 5.92 Å². The van der Waals surface area contributed by atoms with Crippen molar-refractivity contribution in [2.75, 3.05) is 0 Å². The zero-order chi connectivity index (χ0) is 16.3. The van der Waals surface area contributed by atoms with Crippen molar-refractivity contribution in [3.05, 3.63) is 95.1 Å². The summed E-state index contributed by atoms with van der Waals surface area (Å²) in [6.45, 7) is 7.33. The molecule has 0 spiro atoms. The number of allylic oxidation sites excluding steroid dienone is 4.